The van der Waals surface area contributed by atoms with Crippen molar-refractivity contribution in [2.24, 2.45) is 0 Å². The van der Waals surface area contributed by atoms with E-state index in [9.17, 15) is 15.2 Å². The molecule has 100 valence electrons. The van der Waals surface area contributed by atoms with E-state index in [4.69, 9.17) is 5.26 Å². The number of aliphatic hydroxyl groups is 1. The average molecular weight is 261 g/mol. The Bertz CT molecular complexity index is 530. The molecule has 1 aliphatic carbocycles. The third-order valence-electron chi connectivity index (χ3n) is 3.47. The van der Waals surface area contributed by atoms with Crippen molar-refractivity contribution in [3.05, 3.63) is 33.9 Å². The molecule has 6 heteroatoms. The molecule has 0 heterocycles. The topological polar surface area (TPSA) is 99.2 Å². The highest BCUT2D eigenvalue weighted by Crippen LogP contribution is 2.30. The smallest absolute Gasteiger partial charge is 0.289 e. The minimum atomic E-state index is -0.720. The molecule has 0 bridgehead atoms. The predicted molar refractivity (Wildman–Crippen MR) is 69.7 cm³/mol. The van der Waals surface area contributed by atoms with Gasteiger partial charge in [0.2, 0.25) is 0 Å². The van der Waals surface area contributed by atoms with E-state index in [1.54, 1.807) is 12.1 Å². The summed E-state index contributed by atoms with van der Waals surface area (Å²) in [5.74, 6) is 0. The fraction of sp³-hybridized carbons (Fsp3) is 0.462. The zero-order chi connectivity index (χ0) is 13.9. The van der Waals surface area contributed by atoms with Crippen LogP contribution in [0.3, 0.4) is 0 Å². The third-order valence-corrected chi connectivity index (χ3v) is 3.47. The first-order chi connectivity index (χ1) is 9.04. The number of benzene rings is 1. The Morgan fingerprint density at radius 1 is 1.47 bits per heavy atom. The van der Waals surface area contributed by atoms with Crippen LogP contribution in [0.1, 0.15) is 31.2 Å². The maximum Gasteiger partial charge on any atom is 0.289 e. The van der Waals surface area contributed by atoms with Gasteiger partial charge in [-0.3, -0.25) is 10.1 Å². The van der Waals surface area contributed by atoms with Gasteiger partial charge in [-0.1, -0.05) is 12.8 Å². The van der Waals surface area contributed by atoms with E-state index in [1.165, 1.54) is 12.1 Å². The van der Waals surface area contributed by atoms with Gasteiger partial charge in [-0.15, -0.1) is 0 Å². The maximum atomic E-state index is 10.8. The molecule has 0 amide bonds. The molecule has 19 heavy (non-hydrogen) atoms. The number of hydrogen-bond acceptors (Lipinski definition) is 5. The van der Waals surface area contributed by atoms with Crippen LogP contribution in [0.2, 0.25) is 0 Å². The Morgan fingerprint density at radius 2 is 2.16 bits per heavy atom. The molecule has 2 N–H and O–H groups in total. The van der Waals surface area contributed by atoms with Gasteiger partial charge in [0.1, 0.15) is 11.6 Å². The molecule has 2 rings (SSSR count). The maximum absolute atomic E-state index is 10.8. The van der Waals surface area contributed by atoms with Crippen LogP contribution >= 0.6 is 0 Å². The van der Waals surface area contributed by atoms with Gasteiger partial charge in [0.25, 0.3) is 5.69 Å². The fourth-order valence-electron chi connectivity index (χ4n) is 2.36. The molecular weight excluding hydrogens is 246 g/mol. The second-order valence-corrected chi connectivity index (χ2v) is 4.89. The van der Waals surface area contributed by atoms with E-state index in [2.05, 4.69) is 5.32 Å². The molecule has 0 spiro atoms. The minimum absolute atomic E-state index is 0.0372. The van der Waals surface area contributed by atoms with Crippen LogP contribution in [0.4, 0.5) is 11.4 Å². The lowest BCUT2D eigenvalue weighted by molar-refractivity contribution is -0.385. The Balaban J connectivity index is 2.11. The van der Waals surface area contributed by atoms with Crippen LogP contribution in [0, 0.1) is 21.4 Å². The molecule has 6 nitrogen and oxygen atoms in total. The van der Waals surface area contributed by atoms with Gasteiger partial charge >= 0.3 is 0 Å². The Morgan fingerprint density at radius 3 is 2.74 bits per heavy atom. The van der Waals surface area contributed by atoms with Gasteiger partial charge in [-0.25, -0.2) is 0 Å². The first-order valence-corrected chi connectivity index (χ1v) is 6.19. The third kappa shape index (κ3) is 3.01. The number of nitro benzene ring substituents is 1. The average Bonchev–Trinajstić information content (AvgIpc) is 2.83. The number of nitriles is 1. The Labute approximate surface area is 110 Å². The van der Waals surface area contributed by atoms with Crippen molar-refractivity contribution >= 4 is 11.4 Å². The van der Waals surface area contributed by atoms with Crippen molar-refractivity contribution in [1.29, 1.82) is 5.26 Å². The summed E-state index contributed by atoms with van der Waals surface area (Å²) in [5.41, 5.74) is -0.352. The second kappa shape index (κ2) is 5.24. The summed E-state index contributed by atoms with van der Waals surface area (Å²) in [6.45, 7) is 0.371. The van der Waals surface area contributed by atoms with E-state index in [0.29, 0.717) is 12.2 Å². The standard InChI is InChI=1S/C13H15N3O3/c14-8-10-3-4-11(7-12(10)16(18)19)15-9-13(17)5-1-2-6-13/h3-4,7,15,17H,1-2,5-6,9H2. The van der Waals surface area contributed by atoms with Gasteiger partial charge in [0.15, 0.2) is 0 Å². The van der Waals surface area contributed by atoms with E-state index < -0.39 is 10.5 Å². The van der Waals surface area contributed by atoms with Crippen molar-refractivity contribution in [2.75, 3.05) is 11.9 Å². The summed E-state index contributed by atoms with van der Waals surface area (Å²) in [4.78, 5) is 10.3. The van der Waals surface area contributed by atoms with Crippen molar-refractivity contribution in [3.8, 4) is 6.07 Å². The van der Waals surface area contributed by atoms with Crippen molar-refractivity contribution < 1.29 is 10.0 Å². The lowest BCUT2D eigenvalue weighted by Gasteiger charge is -2.22. The molecule has 0 radical (unpaired) electrons. The second-order valence-electron chi connectivity index (χ2n) is 4.89. The van der Waals surface area contributed by atoms with Crippen LogP contribution < -0.4 is 5.32 Å². The van der Waals surface area contributed by atoms with Crippen LogP contribution in [0.5, 0.6) is 0 Å². The van der Waals surface area contributed by atoms with Crippen LogP contribution in [-0.2, 0) is 0 Å². The van der Waals surface area contributed by atoms with Crippen LogP contribution in [0.25, 0.3) is 0 Å². The number of hydrogen-bond donors (Lipinski definition) is 2. The molecule has 0 aliphatic heterocycles. The van der Waals surface area contributed by atoms with Crippen molar-refractivity contribution in [1.82, 2.24) is 0 Å². The van der Waals surface area contributed by atoms with E-state index in [-0.39, 0.29) is 11.3 Å². The SMILES string of the molecule is N#Cc1ccc(NCC2(O)CCCC2)cc1[N+](=O)[O-]. The molecule has 1 fully saturated rings. The number of nitrogens with zero attached hydrogens (tertiary/aromatic N) is 2. The number of rotatable bonds is 4. The zero-order valence-corrected chi connectivity index (χ0v) is 10.4. The lowest BCUT2D eigenvalue weighted by atomic mass is 10.0. The highest BCUT2D eigenvalue weighted by atomic mass is 16.6. The summed E-state index contributed by atoms with van der Waals surface area (Å²) in [7, 11) is 0. The largest absolute Gasteiger partial charge is 0.388 e. The normalized spacial score (nSPS) is 16.8. The van der Waals surface area contributed by atoms with Crippen molar-refractivity contribution in [2.45, 2.75) is 31.3 Å². The van der Waals surface area contributed by atoms with Gasteiger partial charge in [0, 0.05) is 18.3 Å². The first kappa shape index (κ1) is 13.3. The zero-order valence-electron chi connectivity index (χ0n) is 10.4. The van der Waals surface area contributed by atoms with Gasteiger partial charge in [-0.2, -0.15) is 5.26 Å². The Kier molecular flexibility index (Phi) is 3.67. The van der Waals surface area contributed by atoms with E-state index in [0.717, 1.165) is 25.7 Å². The lowest BCUT2D eigenvalue weighted by Crippen LogP contribution is -2.33. The molecule has 0 atom stereocenters. The summed E-state index contributed by atoms with van der Waals surface area (Å²) in [6.07, 6.45) is 3.51. The summed E-state index contributed by atoms with van der Waals surface area (Å²) in [6, 6.07) is 6.15. The molecule has 1 saturated carbocycles. The van der Waals surface area contributed by atoms with Crippen LogP contribution in [-0.4, -0.2) is 22.2 Å². The van der Waals surface area contributed by atoms with Crippen LogP contribution in [0.15, 0.2) is 18.2 Å². The van der Waals surface area contributed by atoms with Crippen molar-refractivity contribution in [3.63, 3.8) is 0 Å². The Hall–Kier alpha value is -2.13. The summed E-state index contributed by atoms with van der Waals surface area (Å²) >= 11 is 0. The summed E-state index contributed by atoms with van der Waals surface area (Å²) < 4.78 is 0. The molecular formula is C13H15N3O3. The highest BCUT2D eigenvalue weighted by Gasteiger charge is 2.30. The molecule has 1 aromatic carbocycles. The monoisotopic (exact) mass is 261 g/mol. The molecule has 0 aromatic heterocycles. The molecule has 0 saturated heterocycles. The highest BCUT2D eigenvalue weighted by molar-refractivity contribution is 5.59. The number of anilines is 1. The van der Waals surface area contributed by atoms with E-state index in [1.807, 2.05) is 0 Å². The summed E-state index contributed by atoms with van der Waals surface area (Å²) in [5, 5.41) is 32.8. The number of nitrogens with one attached hydrogen (secondary N) is 1. The minimum Gasteiger partial charge on any atom is -0.388 e. The molecule has 0 unspecified atom stereocenters. The molecule has 1 aliphatic rings. The fourth-order valence-corrected chi connectivity index (χ4v) is 2.36. The first-order valence-electron chi connectivity index (χ1n) is 6.19. The predicted octanol–water partition coefficient (Wildman–Crippen LogP) is 2.18. The quantitative estimate of drug-likeness (QED) is 0.639. The molecule has 1 aromatic rings. The van der Waals surface area contributed by atoms with Gasteiger partial charge < -0.3 is 10.4 Å². The van der Waals surface area contributed by atoms with Gasteiger partial charge in [0.05, 0.1) is 10.5 Å². The van der Waals surface area contributed by atoms with E-state index >= 15 is 0 Å². The van der Waals surface area contributed by atoms with Gasteiger partial charge in [-0.05, 0) is 25.0 Å². The number of nitro groups is 1.